The van der Waals surface area contributed by atoms with Crippen LogP contribution in [0, 0.1) is 5.41 Å². The number of amides is 2. The van der Waals surface area contributed by atoms with Crippen molar-refractivity contribution in [1.82, 2.24) is 10.6 Å². The largest absolute Gasteiger partial charge is 0.392 e. The molecule has 0 unspecified atom stereocenters. The Kier molecular flexibility index (Phi) is 13.7. The van der Waals surface area contributed by atoms with E-state index >= 15 is 0 Å². The Morgan fingerprint density at radius 3 is 2.31 bits per heavy atom. The number of carbonyl (C=O) groups excluding carboxylic acids is 2. The third kappa shape index (κ3) is 14.2. The molecule has 2 atom stereocenters. The van der Waals surface area contributed by atoms with Crippen LogP contribution in [-0.2, 0) is 16.0 Å². The maximum absolute atomic E-state index is 12.7. The van der Waals surface area contributed by atoms with Gasteiger partial charge in [-0.05, 0) is 50.3 Å². The van der Waals surface area contributed by atoms with Gasteiger partial charge < -0.3 is 15.7 Å². The fourth-order valence-corrected chi connectivity index (χ4v) is 3.11. The summed E-state index contributed by atoms with van der Waals surface area (Å²) in [5, 5.41) is 16.0. The number of rotatable bonds is 12. The number of aliphatic hydroxyl groups is 1. The number of allylic oxidation sites excluding steroid dienone is 6. The number of aliphatic hydroxyl groups excluding tert-OH is 1. The SMILES string of the molecule is CC(Cl)=CC[C@H](O)CC=CNC(=O)[C@@H](NC(=O)C=CC=CC(C)=CCc1ccccc1)C(C)(C)C. The predicted octanol–water partition coefficient (Wildman–Crippen LogP) is 5.73. The molecule has 0 aliphatic heterocycles. The Balaban J connectivity index is 2.58. The van der Waals surface area contributed by atoms with Gasteiger partial charge in [0.25, 0.3) is 0 Å². The van der Waals surface area contributed by atoms with Crippen molar-refractivity contribution in [3.8, 4) is 0 Å². The lowest BCUT2D eigenvalue weighted by Gasteiger charge is -2.29. The highest BCUT2D eigenvalue weighted by atomic mass is 35.5. The molecule has 6 heteroatoms. The number of halogens is 1. The second-order valence-corrected chi connectivity index (χ2v) is 10.1. The molecule has 5 nitrogen and oxygen atoms in total. The molecule has 35 heavy (non-hydrogen) atoms. The molecule has 0 heterocycles. The third-order valence-corrected chi connectivity index (χ3v) is 5.21. The van der Waals surface area contributed by atoms with Crippen molar-refractivity contribution >= 4 is 23.4 Å². The molecule has 1 rings (SSSR count). The van der Waals surface area contributed by atoms with Gasteiger partial charge in [-0.25, -0.2) is 0 Å². The van der Waals surface area contributed by atoms with Crippen LogP contribution in [0.25, 0.3) is 0 Å². The quantitative estimate of drug-likeness (QED) is 0.254. The maximum Gasteiger partial charge on any atom is 0.247 e. The second-order valence-electron chi connectivity index (χ2n) is 9.49. The Labute approximate surface area is 215 Å². The molecule has 2 amide bonds. The molecule has 0 fully saturated rings. The monoisotopic (exact) mass is 498 g/mol. The van der Waals surface area contributed by atoms with Crippen molar-refractivity contribution in [2.75, 3.05) is 0 Å². The summed E-state index contributed by atoms with van der Waals surface area (Å²) in [4.78, 5) is 25.1. The molecule has 1 aromatic rings. The Bertz CT molecular complexity index is 950. The van der Waals surface area contributed by atoms with Gasteiger partial charge in [0, 0.05) is 11.1 Å². The average molecular weight is 499 g/mol. The van der Waals surface area contributed by atoms with E-state index in [1.165, 1.54) is 17.8 Å². The molecule has 0 aromatic heterocycles. The van der Waals surface area contributed by atoms with Gasteiger partial charge in [0.15, 0.2) is 0 Å². The molecule has 1 aromatic carbocycles. The number of benzene rings is 1. The van der Waals surface area contributed by atoms with Crippen LogP contribution in [0.2, 0.25) is 0 Å². The van der Waals surface area contributed by atoms with Crippen molar-refractivity contribution < 1.29 is 14.7 Å². The summed E-state index contributed by atoms with van der Waals surface area (Å²) in [6, 6.07) is 9.47. The zero-order valence-corrected chi connectivity index (χ0v) is 22.2. The van der Waals surface area contributed by atoms with Crippen LogP contribution in [-0.4, -0.2) is 29.1 Å². The molecular weight excluding hydrogens is 460 g/mol. The molecule has 3 N–H and O–H groups in total. The Hall–Kier alpha value is -2.89. The van der Waals surface area contributed by atoms with Crippen molar-refractivity contribution in [1.29, 1.82) is 0 Å². The predicted molar refractivity (Wildman–Crippen MR) is 146 cm³/mol. The van der Waals surface area contributed by atoms with E-state index in [1.54, 1.807) is 31.2 Å². The van der Waals surface area contributed by atoms with Crippen molar-refractivity contribution in [3.05, 3.63) is 95.2 Å². The van der Waals surface area contributed by atoms with E-state index in [0.717, 1.165) is 12.0 Å². The fourth-order valence-electron chi connectivity index (χ4n) is 3.02. The fraction of sp³-hybridized carbons (Fsp3) is 0.379. The van der Waals surface area contributed by atoms with E-state index in [0.29, 0.717) is 17.9 Å². The van der Waals surface area contributed by atoms with Crippen molar-refractivity contribution in [2.24, 2.45) is 5.41 Å². The smallest absolute Gasteiger partial charge is 0.247 e. The summed E-state index contributed by atoms with van der Waals surface area (Å²) in [7, 11) is 0. The van der Waals surface area contributed by atoms with Crippen LogP contribution >= 0.6 is 11.6 Å². The molecular formula is C29H39ClN2O3. The molecule has 0 spiro atoms. The standard InChI is InChI=1S/C29H39ClN2O3/c1-22(17-19-24-13-7-6-8-14-24)12-9-10-16-26(34)32-27(29(3,4)5)28(35)31-21-11-15-25(33)20-18-23(2)30/h6-14,16-18,21,25,27,33H,15,19-20H2,1-5H3,(H,31,35)(H,32,34)/t25-,27-/m1/s1. The summed E-state index contributed by atoms with van der Waals surface area (Å²) in [6.07, 6.45) is 14.9. The Morgan fingerprint density at radius 2 is 1.69 bits per heavy atom. The molecule has 0 saturated heterocycles. The van der Waals surface area contributed by atoms with Crippen LogP contribution in [0.4, 0.5) is 0 Å². The van der Waals surface area contributed by atoms with E-state index in [4.69, 9.17) is 11.6 Å². The van der Waals surface area contributed by atoms with Gasteiger partial charge in [-0.3, -0.25) is 9.59 Å². The summed E-state index contributed by atoms with van der Waals surface area (Å²) in [6.45, 7) is 9.42. The second kappa shape index (κ2) is 15.9. The van der Waals surface area contributed by atoms with E-state index in [2.05, 4.69) is 28.8 Å². The van der Waals surface area contributed by atoms with Gasteiger partial charge in [-0.2, -0.15) is 0 Å². The number of carbonyl (C=O) groups is 2. The van der Waals surface area contributed by atoms with Gasteiger partial charge in [0.05, 0.1) is 6.10 Å². The van der Waals surface area contributed by atoms with E-state index in [9.17, 15) is 14.7 Å². The van der Waals surface area contributed by atoms with E-state index in [1.807, 2.05) is 52.0 Å². The highest BCUT2D eigenvalue weighted by Gasteiger charge is 2.31. The van der Waals surface area contributed by atoms with Gasteiger partial charge in [0.1, 0.15) is 6.04 Å². The molecule has 0 bridgehead atoms. The van der Waals surface area contributed by atoms with Crippen LogP contribution in [0.15, 0.2) is 89.7 Å². The van der Waals surface area contributed by atoms with Crippen molar-refractivity contribution in [3.63, 3.8) is 0 Å². The first-order chi connectivity index (χ1) is 16.5. The van der Waals surface area contributed by atoms with Gasteiger partial charge in [0.2, 0.25) is 11.8 Å². The highest BCUT2D eigenvalue weighted by molar-refractivity contribution is 6.29. The number of hydrogen-bond donors (Lipinski definition) is 3. The lowest BCUT2D eigenvalue weighted by Crippen LogP contribution is -2.52. The maximum atomic E-state index is 12.7. The number of nitrogens with one attached hydrogen (secondary N) is 2. The minimum atomic E-state index is -0.729. The summed E-state index contributed by atoms with van der Waals surface area (Å²) < 4.78 is 0. The van der Waals surface area contributed by atoms with Gasteiger partial charge in [-0.1, -0.05) is 105 Å². The molecule has 0 saturated carbocycles. The average Bonchev–Trinajstić information content (AvgIpc) is 2.80. The highest BCUT2D eigenvalue weighted by Crippen LogP contribution is 2.19. The van der Waals surface area contributed by atoms with Crippen LogP contribution in [0.1, 0.15) is 53.0 Å². The molecule has 190 valence electrons. The summed E-state index contributed by atoms with van der Waals surface area (Å²) in [5.74, 6) is -0.671. The topological polar surface area (TPSA) is 78.4 Å². The van der Waals surface area contributed by atoms with Crippen LogP contribution in [0.5, 0.6) is 0 Å². The normalized spacial score (nSPS) is 15.1. The van der Waals surface area contributed by atoms with Crippen LogP contribution in [0.3, 0.4) is 0 Å². The van der Waals surface area contributed by atoms with Gasteiger partial charge >= 0.3 is 0 Å². The number of hydrogen-bond acceptors (Lipinski definition) is 3. The van der Waals surface area contributed by atoms with E-state index < -0.39 is 17.6 Å². The Morgan fingerprint density at radius 1 is 1.03 bits per heavy atom. The lowest BCUT2D eigenvalue weighted by atomic mass is 9.86. The third-order valence-electron chi connectivity index (χ3n) is 5.06. The summed E-state index contributed by atoms with van der Waals surface area (Å²) in [5.41, 5.74) is 1.85. The van der Waals surface area contributed by atoms with Crippen LogP contribution < -0.4 is 10.6 Å². The van der Waals surface area contributed by atoms with Crippen molar-refractivity contribution in [2.45, 2.75) is 66.0 Å². The molecule has 0 radical (unpaired) electrons. The summed E-state index contributed by atoms with van der Waals surface area (Å²) >= 11 is 5.76. The first kappa shape index (κ1) is 30.1. The molecule has 0 aliphatic rings. The first-order valence-corrected chi connectivity index (χ1v) is 12.2. The minimum absolute atomic E-state index is 0.322. The zero-order chi connectivity index (χ0) is 26.3. The van der Waals surface area contributed by atoms with Gasteiger partial charge in [-0.15, -0.1) is 0 Å². The zero-order valence-electron chi connectivity index (χ0n) is 21.4. The molecule has 0 aliphatic carbocycles. The first-order valence-electron chi connectivity index (χ1n) is 11.8. The minimum Gasteiger partial charge on any atom is -0.392 e. The lowest BCUT2D eigenvalue weighted by molar-refractivity contribution is -0.129. The van der Waals surface area contributed by atoms with E-state index in [-0.39, 0.29) is 11.8 Å².